The van der Waals surface area contributed by atoms with Gasteiger partial charge in [-0.1, -0.05) is 83.3 Å². The number of carbonyl (C=O) groups is 5. The highest BCUT2D eigenvalue weighted by Gasteiger charge is 2.62. The van der Waals surface area contributed by atoms with Gasteiger partial charge in [-0.05, 0) is 12.8 Å². The molecule has 0 aromatic rings. The fourth-order valence-corrected chi connectivity index (χ4v) is 15.0. The van der Waals surface area contributed by atoms with E-state index in [1.165, 1.54) is 57.9 Å². The predicted molar refractivity (Wildman–Crippen MR) is 381 cm³/mol. The molecule has 0 bridgehead atoms. The van der Waals surface area contributed by atoms with E-state index in [4.69, 9.17) is 66.3 Å². The van der Waals surface area contributed by atoms with Crippen LogP contribution < -0.4 is 21.3 Å². The molecule has 0 aromatic carbocycles. The lowest BCUT2D eigenvalue weighted by molar-refractivity contribution is -0.391. The zero-order valence-corrected chi connectivity index (χ0v) is 65.0. The SMILES string of the molecule is CCCCCCCCCCCCC/C=C/[C@@H](O)[C@H](CO[C@@H]1O[C@H](CO)[C@@H](O[C@@H]2O[C@H](CO)[C@H](O)[C@H](O[C@@H]3O[C@H](CO)[C@@H](O[C@@H]4O[C@H](CO)[C@H](O)[C@H](O[C@@H]5O[C@H](CO)[C@@H](O[C@@H]6O[C@H](CO)[C@H](O)[C@H](O[C@]7(C(=O)O)C[C@H](O)[C@@H](NC(C)=O)[C@H]([C@H](O)[C@H](O)CO)O7)[C@H]6O)[C@H](O)[C@H]5NC(C)=O)[C@H]4O)[C@H](O)[C@H]3NC(C)=O)[C@H]2O)[C@H](O)[C@H]1O)NC(C)=O. The number of hydrogen-bond acceptors (Lipinski definition) is 40. The van der Waals surface area contributed by atoms with Crippen LogP contribution >= 0.6 is 0 Å². The summed E-state index contributed by atoms with van der Waals surface area (Å²) >= 11 is 0. The Bertz CT molecular complexity index is 3000. The lowest BCUT2D eigenvalue weighted by Crippen LogP contribution is -2.71. The zero-order valence-electron chi connectivity index (χ0n) is 65.0. The number of carboxylic acids is 1. The molecule has 4 amide bonds. The number of hydrogen-bond donors (Lipinski definition) is 26. The number of aliphatic hydroxyl groups is 21. The van der Waals surface area contributed by atoms with Crippen molar-refractivity contribution in [3.05, 3.63) is 12.2 Å². The van der Waals surface area contributed by atoms with Crippen LogP contribution in [0.3, 0.4) is 0 Å². The molecular formula is C71H122N4O41. The zero-order chi connectivity index (χ0) is 85.7. The highest BCUT2D eigenvalue weighted by Crippen LogP contribution is 2.41. The van der Waals surface area contributed by atoms with Crippen LogP contribution in [0, 0.1) is 0 Å². The number of allylic oxidation sites excluding steroid dienone is 1. The standard InChI is InChI=1S/C71H122N4O41/c1-6-7-8-9-10-11-12-13-14-15-16-17-18-19-34(87)33(72-29(2)83)28-103-66-53(97)52(96)59(42(27-82)109-66)112-68-55(99)62(48(92)38(23-78)105-68)114-64-44(74-31(4)85)50(94)57(40(25-80)107-64)110-67-54(98)61(47(91)37(22-77)104-67)113-65-45(75-32(5)86)51(95)58(41(26-81)108-65)111-69-56(100)63(49(93)39(24-79)106-69)116-71(70(101)102)20-35(88)43(73-30(3)84)60(115-71)46(90)36(89)21-76/h18-19,33-69,76-82,87-100H,6-17,20-28H2,1-5H3,(H,72,83)(H,73,84)(H,74,85)(H,75,86)(H,101,102)/b19-18+/t33-,34+,35-,36+,37+,38+,39+,40+,41+,42+,43+,44+,45+,46+,47-,48-,49-,50+,51+,52+,53+,54+,55+,56+,57+,58+,59+,60+,61-,62-,63-,64-,65-,66+,67-,68-,69-,71-/m0/s1. The molecule has 7 aliphatic heterocycles. The molecule has 0 unspecified atom stereocenters. The van der Waals surface area contributed by atoms with Crippen LogP contribution in [0.5, 0.6) is 0 Å². The summed E-state index contributed by atoms with van der Waals surface area (Å²) in [7, 11) is 0. The number of aliphatic hydroxyl groups excluding tert-OH is 21. The van der Waals surface area contributed by atoms with Crippen molar-refractivity contribution in [1.82, 2.24) is 21.3 Å². The Labute approximate surface area is 667 Å². The van der Waals surface area contributed by atoms with Crippen LogP contribution in [-0.2, 0) is 90.3 Å². The number of amides is 4. The van der Waals surface area contributed by atoms with Crippen molar-refractivity contribution < 1.29 is 203 Å². The number of aliphatic carboxylic acids is 1. The minimum absolute atomic E-state index is 0.498. The van der Waals surface area contributed by atoms with E-state index in [0.29, 0.717) is 6.42 Å². The number of carboxylic acid groups (broad SMARTS) is 1. The van der Waals surface area contributed by atoms with Crippen LogP contribution in [0.1, 0.15) is 118 Å². The minimum Gasteiger partial charge on any atom is -0.477 e. The number of unbranched alkanes of at least 4 members (excludes halogenated alkanes) is 11. The average Bonchev–Trinajstić information content (AvgIpc) is 0.753. The maximum atomic E-state index is 13.2. The van der Waals surface area contributed by atoms with Crippen LogP contribution in [0.2, 0.25) is 0 Å². The first-order valence-electron chi connectivity index (χ1n) is 39.0. The van der Waals surface area contributed by atoms with Gasteiger partial charge in [0.25, 0.3) is 5.79 Å². The third-order valence-corrected chi connectivity index (χ3v) is 21.2. The van der Waals surface area contributed by atoms with Crippen molar-refractivity contribution >= 4 is 29.6 Å². The number of ether oxygens (including phenoxy) is 14. The summed E-state index contributed by atoms with van der Waals surface area (Å²) in [6, 6.07) is -6.67. The van der Waals surface area contributed by atoms with Crippen molar-refractivity contribution in [3.63, 3.8) is 0 Å². The van der Waals surface area contributed by atoms with E-state index < -0.39 is 321 Å². The minimum atomic E-state index is -3.24. The molecule has 0 aliphatic carbocycles. The maximum absolute atomic E-state index is 13.2. The Morgan fingerprint density at radius 1 is 0.431 bits per heavy atom. The Morgan fingerprint density at radius 2 is 0.802 bits per heavy atom. The largest absolute Gasteiger partial charge is 0.477 e. The van der Waals surface area contributed by atoms with Gasteiger partial charge in [-0.3, -0.25) is 19.2 Å². The van der Waals surface area contributed by atoms with Crippen LogP contribution in [0.25, 0.3) is 0 Å². The van der Waals surface area contributed by atoms with Crippen molar-refractivity contribution in [1.29, 1.82) is 0 Å². The molecule has 7 saturated heterocycles. The molecule has 7 rings (SSSR count). The number of carbonyl (C=O) groups excluding carboxylic acids is 4. The molecule has 0 aromatic heterocycles. The van der Waals surface area contributed by atoms with Crippen LogP contribution in [0.4, 0.5) is 0 Å². The normalized spacial score (nSPS) is 40.8. The first-order chi connectivity index (χ1) is 55.1. The molecule has 0 saturated carbocycles. The van der Waals surface area contributed by atoms with Gasteiger partial charge < -0.3 is 200 Å². The predicted octanol–water partition coefficient (Wildman–Crippen LogP) is -11.5. The Balaban J connectivity index is 1.02. The van der Waals surface area contributed by atoms with Crippen molar-refractivity contribution in [3.8, 4) is 0 Å². The molecule has 7 aliphatic rings. The third kappa shape index (κ3) is 25.2. The van der Waals surface area contributed by atoms with Gasteiger partial charge in [0.05, 0.1) is 77.1 Å². The van der Waals surface area contributed by atoms with Gasteiger partial charge in [-0.15, -0.1) is 0 Å². The smallest absolute Gasteiger partial charge is 0.364 e. The van der Waals surface area contributed by atoms with E-state index in [0.717, 1.165) is 46.5 Å². The number of nitrogens with one attached hydrogen (secondary N) is 4. The molecule has 38 atom stereocenters. The molecule has 45 heteroatoms. The molecule has 45 nitrogen and oxygen atoms in total. The van der Waals surface area contributed by atoms with E-state index in [9.17, 15) is 136 Å². The van der Waals surface area contributed by atoms with Crippen LogP contribution in [-0.4, -0.2) is 427 Å². The Hall–Kier alpha value is -4.31. The molecule has 7 heterocycles. The number of rotatable bonds is 43. The van der Waals surface area contributed by atoms with Gasteiger partial charge in [0.15, 0.2) is 37.7 Å². The summed E-state index contributed by atoms with van der Waals surface area (Å²) in [4.78, 5) is 63.5. The molecular weight excluding hydrogens is 1560 g/mol. The van der Waals surface area contributed by atoms with Gasteiger partial charge in [0, 0.05) is 34.1 Å². The van der Waals surface area contributed by atoms with Crippen molar-refractivity contribution in [2.75, 3.05) is 52.9 Å². The van der Waals surface area contributed by atoms with Gasteiger partial charge in [-0.2, -0.15) is 0 Å². The summed E-state index contributed by atoms with van der Waals surface area (Å²) in [5.41, 5.74) is 0. The fourth-order valence-electron chi connectivity index (χ4n) is 15.0. The lowest BCUT2D eigenvalue weighted by atomic mass is 9.88. The Kier molecular flexibility index (Phi) is 39.9. The van der Waals surface area contributed by atoms with Crippen LogP contribution in [0.15, 0.2) is 12.2 Å². The Morgan fingerprint density at radius 3 is 1.20 bits per heavy atom. The highest BCUT2D eigenvalue weighted by molar-refractivity contribution is 5.77. The first kappa shape index (κ1) is 98.8. The van der Waals surface area contributed by atoms with Gasteiger partial charge in [-0.25, -0.2) is 4.79 Å². The molecule has 0 radical (unpaired) electrons. The monoisotopic (exact) mass is 1690 g/mol. The topological polar surface area (TPSA) is 708 Å². The van der Waals surface area contributed by atoms with Crippen molar-refractivity contribution in [2.24, 2.45) is 0 Å². The quantitative estimate of drug-likeness (QED) is 0.0199. The van der Waals surface area contributed by atoms with E-state index >= 15 is 0 Å². The maximum Gasteiger partial charge on any atom is 0.364 e. The van der Waals surface area contributed by atoms with Gasteiger partial charge >= 0.3 is 5.97 Å². The van der Waals surface area contributed by atoms with E-state index in [1.54, 1.807) is 6.08 Å². The van der Waals surface area contributed by atoms with E-state index in [2.05, 4.69) is 28.2 Å². The second kappa shape index (κ2) is 46.8. The van der Waals surface area contributed by atoms with Crippen molar-refractivity contribution in [2.45, 2.75) is 351 Å². The second-order valence-corrected chi connectivity index (χ2v) is 30.1. The summed E-state index contributed by atoms with van der Waals surface area (Å²) < 4.78 is 82.0. The summed E-state index contributed by atoms with van der Waals surface area (Å²) in [6.07, 6.45) is -52.5. The second-order valence-electron chi connectivity index (χ2n) is 30.1. The molecule has 672 valence electrons. The molecule has 26 N–H and O–H groups in total. The molecule has 116 heavy (non-hydrogen) atoms. The summed E-state index contributed by atoms with van der Waals surface area (Å²) in [5.74, 6) is -8.63. The fraction of sp³-hybridized carbons (Fsp3) is 0.901. The lowest BCUT2D eigenvalue weighted by Gasteiger charge is -2.51. The first-order valence-corrected chi connectivity index (χ1v) is 39.0. The van der Waals surface area contributed by atoms with Gasteiger partial charge in [0.2, 0.25) is 23.6 Å². The molecule has 7 fully saturated rings. The molecule has 0 spiro atoms. The summed E-state index contributed by atoms with van der Waals surface area (Å²) in [6.45, 7) is -2.07. The van der Waals surface area contributed by atoms with E-state index in [-0.39, 0.29) is 0 Å². The average molecular weight is 1690 g/mol. The summed E-state index contributed by atoms with van der Waals surface area (Å²) in [5, 5.41) is 255. The highest BCUT2D eigenvalue weighted by atomic mass is 16.8. The van der Waals surface area contributed by atoms with Gasteiger partial charge in [0.1, 0.15) is 165 Å². The third-order valence-electron chi connectivity index (χ3n) is 21.2. The van der Waals surface area contributed by atoms with E-state index in [1.807, 2.05) is 0 Å².